The smallest absolute Gasteiger partial charge is 0.322 e. The van der Waals surface area contributed by atoms with Crippen LogP contribution in [0.2, 0.25) is 0 Å². The van der Waals surface area contributed by atoms with E-state index in [0.29, 0.717) is 29.8 Å². The largest absolute Gasteiger partial charge is 0.493 e. The number of aromatic nitrogens is 2. The highest BCUT2D eigenvalue weighted by Gasteiger charge is 2.35. The molecule has 0 saturated carbocycles. The number of hydrogen-bond donors (Lipinski definition) is 1. The van der Waals surface area contributed by atoms with Crippen molar-refractivity contribution in [3.63, 3.8) is 0 Å². The molecule has 2 amide bonds. The maximum Gasteiger partial charge on any atom is 0.322 e. The van der Waals surface area contributed by atoms with Gasteiger partial charge in [0, 0.05) is 17.8 Å². The molecule has 1 aliphatic heterocycles. The summed E-state index contributed by atoms with van der Waals surface area (Å²) in [7, 11) is 3.17. The summed E-state index contributed by atoms with van der Waals surface area (Å²) in [5, 5.41) is 7.30. The van der Waals surface area contributed by atoms with Gasteiger partial charge in [-0.05, 0) is 49.6 Å². The van der Waals surface area contributed by atoms with E-state index in [4.69, 9.17) is 14.0 Å². The summed E-state index contributed by atoms with van der Waals surface area (Å²) in [5.74, 6) is 1.98. The van der Waals surface area contributed by atoms with Crippen LogP contribution in [0.4, 0.5) is 4.79 Å². The minimum Gasteiger partial charge on any atom is -0.493 e. The van der Waals surface area contributed by atoms with Gasteiger partial charge in [0.25, 0.3) is 5.89 Å². The minimum atomic E-state index is -0.398. The molecule has 0 spiro atoms. The quantitative estimate of drug-likeness (QED) is 0.557. The Balaban J connectivity index is 1.78. The van der Waals surface area contributed by atoms with Crippen molar-refractivity contribution in [1.82, 2.24) is 20.4 Å². The summed E-state index contributed by atoms with van der Waals surface area (Å²) >= 11 is 0. The van der Waals surface area contributed by atoms with Crippen molar-refractivity contribution >= 4 is 11.6 Å². The Bertz CT molecular complexity index is 1180. The van der Waals surface area contributed by atoms with Gasteiger partial charge in [-0.3, -0.25) is 4.90 Å². The van der Waals surface area contributed by atoms with Crippen LogP contribution >= 0.6 is 0 Å². The van der Waals surface area contributed by atoms with Crippen molar-refractivity contribution in [1.29, 1.82) is 0 Å². The van der Waals surface area contributed by atoms with Crippen LogP contribution in [-0.4, -0.2) is 41.8 Å². The van der Waals surface area contributed by atoms with E-state index in [1.54, 1.807) is 31.3 Å². The molecule has 2 heterocycles. The van der Waals surface area contributed by atoms with Crippen molar-refractivity contribution < 1.29 is 18.8 Å². The lowest BCUT2D eigenvalue weighted by Crippen LogP contribution is -2.45. The first-order chi connectivity index (χ1) is 16.0. The number of nitrogens with one attached hydrogen (secondary N) is 1. The molecule has 0 saturated heterocycles. The number of benzene rings is 2. The normalized spacial score (nSPS) is 16.1. The number of methoxy groups -OCH3 is 2. The van der Waals surface area contributed by atoms with Gasteiger partial charge in [-0.15, -0.1) is 0 Å². The maximum atomic E-state index is 12.8. The van der Waals surface area contributed by atoms with Gasteiger partial charge in [0.05, 0.1) is 25.8 Å². The fraction of sp³-hybridized carbons (Fsp3) is 0.320. The third-order valence-electron chi connectivity index (χ3n) is 5.93. The van der Waals surface area contributed by atoms with Gasteiger partial charge in [-0.2, -0.15) is 4.98 Å². The summed E-state index contributed by atoms with van der Waals surface area (Å²) in [6.07, 6.45) is 0.945. The molecule has 8 nitrogen and oxygen atoms in total. The molecule has 0 radical (unpaired) electrons. The van der Waals surface area contributed by atoms with E-state index in [1.165, 1.54) is 5.56 Å². The van der Waals surface area contributed by atoms with E-state index in [1.807, 2.05) is 32.0 Å². The molecular weight excluding hydrogens is 420 g/mol. The first-order valence-corrected chi connectivity index (χ1v) is 10.9. The number of carbonyl (C=O) groups excluding carboxylic acids is 1. The summed E-state index contributed by atoms with van der Waals surface area (Å²) in [4.78, 5) is 19.1. The SMILES string of the molecule is CCc1ccc(C2NC(=O)N(CC)C(C)=C2c2nc(-c3ccc(OC)c(OC)c3)no2)cc1. The second-order valence-electron chi connectivity index (χ2n) is 7.71. The third-order valence-corrected chi connectivity index (χ3v) is 5.93. The summed E-state index contributed by atoms with van der Waals surface area (Å²) in [5.41, 5.74) is 4.48. The van der Waals surface area contributed by atoms with Crippen LogP contribution in [0.3, 0.4) is 0 Å². The van der Waals surface area contributed by atoms with Gasteiger partial charge in [0.1, 0.15) is 0 Å². The van der Waals surface area contributed by atoms with Crippen molar-refractivity contribution in [2.24, 2.45) is 0 Å². The molecule has 0 fully saturated rings. The average molecular weight is 449 g/mol. The highest BCUT2D eigenvalue weighted by atomic mass is 16.5. The Labute approximate surface area is 193 Å². The molecule has 1 unspecified atom stereocenters. The fourth-order valence-electron chi connectivity index (χ4n) is 4.06. The standard InChI is InChI=1S/C25H28N4O4/c1-6-16-8-10-17(11-9-16)22-21(15(3)29(7-2)25(30)26-22)24-27-23(28-33-24)18-12-13-19(31-4)20(14-18)32-5/h8-14,22H,6-7H2,1-5H3,(H,26,30). The number of ether oxygens (including phenoxy) is 2. The molecule has 0 bridgehead atoms. The van der Waals surface area contributed by atoms with Gasteiger partial charge >= 0.3 is 6.03 Å². The lowest BCUT2D eigenvalue weighted by atomic mass is 9.94. The molecule has 1 aromatic heterocycles. The zero-order valence-corrected chi connectivity index (χ0v) is 19.5. The first-order valence-electron chi connectivity index (χ1n) is 10.9. The molecule has 2 aromatic carbocycles. The Morgan fingerprint density at radius 1 is 1.06 bits per heavy atom. The number of amides is 2. The van der Waals surface area contributed by atoms with Crippen LogP contribution in [0, 0.1) is 0 Å². The summed E-state index contributed by atoms with van der Waals surface area (Å²) < 4.78 is 16.4. The van der Waals surface area contributed by atoms with E-state index < -0.39 is 6.04 Å². The van der Waals surface area contributed by atoms with Crippen LogP contribution in [0.25, 0.3) is 17.0 Å². The molecular formula is C25H28N4O4. The molecule has 33 heavy (non-hydrogen) atoms. The van der Waals surface area contributed by atoms with Crippen molar-refractivity contribution in [3.8, 4) is 22.9 Å². The first kappa shape index (κ1) is 22.4. The van der Waals surface area contributed by atoms with Crippen LogP contribution in [0.15, 0.2) is 52.7 Å². The predicted octanol–water partition coefficient (Wildman–Crippen LogP) is 4.83. The molecule has 1 aliphatic rings. The van der Waals surface area contributed by atoms with E-state index in [2.05, 4.69) is 34.5 Å². The molecule has 0 aliphatic carbocycles. The number of allylic oxidation sites excluding steroid dienone is 1. The molecule has 4 rings (SSSR count). The van der Waals surface area contributed by atoms with Gasteiger partial charge in [0.15, 0.2) is 11.5 Å². The number of nitrogens with zero attached hydrogens (tertiary/aromatic N) is 3. The lowest BCUT2D eigenvalue weighted by molar-refractivity contribution is 0.207. The predicted molar refractivity (Wildman–Crippen MR) is 125 cm³/mol. The van der Waals surface area contributed by atoms with Crippen molar-refractivity contribution in [2.45, 2.75) is 33.2 Å². The van der Waals surface area contributed by atoms with Crippen molar-refractivity contribution in [3.05, 3.63) is 65.2 Å². The highest BCUT2D eigenvalue weighted by molar-refractivity contribution is 5.86. The third kappa shape index (κ3) is 4.16. The molecule has 3 aromatic rings. The Morgan fingerprint density at radius 2 is 1.79 bits per heavy atom. The summed E-state index contributed by atoms with van der Waals surface area (Å²) in [6.45, 7) is 6.48. The van der Waals surface area contributed by atoms with E-state index in [9.17, 15) is 4.79 Å². The molecule has 1 N–H and O–H groups in total. The summed E-state index contributed by atoms with van der Waals surface area (Å²) in [6, 6.07) is 13.1. The monoisotopic (exact) mass is 448 g/mol. The topological polar surface area (TPSA) is 89.7 Å². The van der Waals surface area contributed by atoms with E-state index in [-0.39, 0.29) is 6.03 Å². The van der Waals surface area contributed by atoms with Crippen LogP contribution in [0.5, 0.6) is 11.5 Å². The van der Waals surface area contributed by atoms with Crippen LogP contribution in [0.1, 0.15) is 43.8 Å². The van der Waals surface area contributed by atoms with E-state index in [0.717, 1.165) is 28.8 Å². The van der Waals surface area contributed by atoms with Gasteiger partial charge < -0.3 is 19.3 Å². The average Bonchev–Trinajstić information content (AvgIpc) is 3.33. The second-order valence-corrected chi connectivity index (χ2v) is 7.71. The van der Waals surface area contributed by atoms with E-state index >= 15 is 0 Å². The van der Waals surface area contributed by atoms with Gasteiger partial charge in [-0.25, -0.2) is 4.79 Å². The zero-order chi connectivity index (χ0) is 23.5. The van der Waals surface area contributed by atoms with Crippen LogP contribution < -0.4 is 14.8 Å². The zero-order valence-electron chi connectivity index (χ0n) is 19.5. The molecule has 8 heteroatoms. The highest BCUT2D eigenvalue weighted by Crippen LogP contribution is 2.38. The Kier molecular flexibility index (Phi) is 6.35. The van der Waals surface area contributed by atoms with Gasteiger partial charge in [-0.1, -0.05) is 36.3 Å². The number of urea groups is 1. The molecule has 1 atom stereocenters. The Morgan fingerprint density at radius 3 is 2.42 bits per heavy atom. The fourth-order valence-corrected chi connectivity index (χ4v) is 4.06. The van der Waals surface area contributed by atoms with Crippen molar-refractivity contribution in [2.75, 3.05) is 20.8 Å². The number of carbonyl (C=O) groups is 1. The Hall–Kier alpha value is -3.81. The molecule has 172 valence electrons. The number of aryl methyl sites for hydroxylation is 1. The van der Waals surface area contributed by atoms with Crippen LogP contribution in [-0.2, 0) is 6.42 Å². The lowest BCUT2D eigenvalue weighted by Gasteiger charge is -2.34. The van der Waals surface area contributed by atoms with Gasteiger partial charge in [0.2, 0.25) is 5.82 Å². The number of hydrogen-bond acceptors (Lipinski definition) is 6. The minimum absolute atomic E-state index is 0.150. The maximum absolute atomic E-state index is 12.8. The second kappa shape index (κ2) is 9.36. The number of rotatable bonds is 7.